The summed E-state index contributed by atoms with van der Waals surface area (Å²) in [6.45, 7) is 5.30. The summed E-state index contributed by atoms with van der Waals surface area (Å²) in [6.07, 6.45) is 1.26. The fraction of sp³-hybridized carbons (Fsp3) is 0.526. The first-order chi connectivity index (χ1) is 12.4. The lowest BCUT2D eigenvalue weighted by Gasteiger charge is -2.30. The number of nitrogens with zero attached hydrogens (tertiary/aromatic N) is 1. The Kier molecular flexibility index (Phi) is 7.00. The molecule has 7 nitrogen and oxygen atoms in total. The molecule has 0 spiro atoms. The quantitative estimate of drug-likeness (QED) is 0.785. The second-order valence-electron chi connectivity index (χ2n) is 6.77. The van der Waals surface area contributed by atoms with Gasteiger partial charge >= 0.3 is 12.0 Å². The molecule has 0 aliphatic carbocycles. The molecule has 1 aromatic rings. The highest BCUT2D eigenvalue weighted by atomic mass is 16.5. The van der Waals surface area contributed by atoms with Crippen LogP contribution in [-0.2, 0) is 16.1 Å². The SMILES string of the molecule is COC(=O)C1CCN(C(=O)c2ccc(CNC(=O)NC(C)C)cc2)CC1. The predicted molar refractivity (Wildman–Crippen MR) is 97.6 cm³/mol. The third kappa shape index (κ3) is 5.47. The molecule has 0 radical (unpaired) electrons. The summed E-state index contributed by atoms with van der Waals surface area (Å²) in [6, 6.07) is 7.08. The number of urea groups is 1. The van der Waals surface area contributed by atoms with E-state index >= 15 is 0 Å². The molecule has 1 aliphatic rings. The van der Waals surface area contributed by atoms with Gasteiger partial charge in [-0.1, -0.05) is 12.1 Å². The Morgan fingerprint density at radius 3 is 2.31 bits per heavy atom. The Morgan fingerprint density at radius 2 is 1.77 bits per heavy atom. The van der Waals surface area contributed by atoms with Gasteiger partial charge in [-0.2, -0.15) is 0 Å². The van der Waals surface area contributed by atoms with E-state index in [2.05, 4.69) is 10.6 Å². The first-order valence-corrected chi connectivity index (χ1v) is 8.91. The average Bonchev–Trinajstić information content (AvgIpc) is 2.65. The van der Waals surface area contributed by atoms with Crippen LogP contribution < -0.4 is 10.6 Å². The van der Waals surface area contributed by atoms with Crippen molar-refractivity contribution in [2.24, 2.45) is 5.92 Å². The maximum atomic E-state index is 12.6. The number of hydrogen-bond acceptors (Lipinski definition) is 4. The Bertz CT molecular complexity index is 635. The summed E-state index contributed by atoms with van der Waals surface area (Å²) >= 11 is 0. The first-order valence-electron chi connectivity index (χ1n) is 8.91. The van der Waals surface area contributed by atoms with Gasteiger partial charge in [-0.25, -0.2) is 4.79 Å². The number of likely N-dealkylation sites (tertiary alicyclic amines) is 1. The van der Waals surface area contributed by atoms with Gasteiger partial charge in [0.05, 0.1) is 13.0 Å². The molecule has 26 heavy (non-hydrogen) atoms. The monoisotopic (exact) mass is 361 g/mol. The van der Waals surface area contributed by atoms with Crippen molar-refractivity contribution in [3.8, 4) is 0 Å². The molecule has 1 fully saturated rings. The van der Waals surface area contributed by atoms with Gasteiger partial charge in [0.25, 0.3) is 5.91 Å². The normalized spacial score (nSPS) is 14.8. The van der Waals surface area contributed by atoms with Crippen LogP contribution >= 0.6 is 0 Å². The van der Waals surface area contributed by atoms with Crippen LogP contribution in [0.3, 0.4) is 0 Å². The topological polar surface area (TPSA) is 87.7 Å². The van der Waals surface area contributed by atoms with Crippen LogP contribution in [-0.4, -0.2) is 49.0 Å². The maximum Gasteiger partial charge on any atom is 0.315 e. The van der Waals surface area contributed by atoms with E-state index in [1.807, 2.05) is 26.0 Å². The first kappa shape index (κ1) is 19.8. The number of carbonyl (C=O) groups excluding carboxylic acids is 3. The molecule has 3 amide bonds. The van der Waals surface area contributed by atoms with Crippen LogP contribution in [0, 0.1) is 5.92 Å². The standard InChI is InChI=1S/C19H27N3O4/c1-13(2)21-19(25)20-12-14-4-6-15(7-5-14)17(23)22-10-8-16(9-11-22)18(24)26-3/h4-7,13,16H,8-12H2,1-3H3,(H2,20,21,25). The third-order valence-corrected chi connectivity index (χ3v) is 4.39. The zero-order valence-electron chi connectivity index (χ0n) is 15.6. The molecule has 0 aromatic heterocycles. The van der Waals surface area contributed by atoms with Crippen molar-refractivity contribution in [1.82, 2.24) is 15.5 Å². The number of amides is 3. The van der Waals surface area contributed by atoms with Crippen molar-refractivity contribution in [1.29, 1.82) is 0 Å². The second-order valence-corrected chi connectivity index (χ2v) is 6.77. The van der Waals surface area contributed by atoms with Crippen LogP contribution in [0.25, 0.3) is 0 Å². The fourth-order valence-corrected chi connectivity index (χ4v) is 2.93. The minimum atomic E-state index is -0.214. The molecule has 2 N–H and O–H groups in total. The number of esters is 1. The highest BCUT2D eigenvalue weighted by molar-refractivity contribution is 5.94. The van der Waals surface area contributed by atoms with Gasteiger partial charge in [0, 0.05) is 31.2 Å². The molecule has 0 unspecified atom stereocenters. The lowest BCUT2D eigenvalue weighted by atomic mass is 9.96. The van der Waals surface area contributed by atoms with Gasteiger partial charge in [0.2, 0.25) is 0 Å². The summed E-state index contributed by atoms with van der Waals surface area (Å²) in [4.78, 5) is 37.5. The minimum absolute atomic E-state index is 0.0367. The van der Waals surface area contributed by atoms with E-state index < -0.39 is 0 Å². The van der Waals surface area contributed by atoms with Gasteiger partial charge < -0.3 is 20.3 Å². The van der Waals surface area contributed by atoms with Gasteiger partial charge in [-0.05, 0) is 44.4 Å². The molecule has 0 bridgehead atoms. The molecule has 142 valence electrons. The highest BCUT2D eigenvalue weighted by Gasteiger charge is 2.28. The summed E-state index contributed by atoms with van der Waals surface area (Å²) in [5, 5.41) is 5.53. The van der Waals surface area contributed by atoms with Crippen LogP contribution in [0.4, 0.5) is 4.79 Å². The summed E-state index contributed by atoms with van der Waals surface area (Å²) in [7, 11) is 1.39. The lowest BCUT2D eigenvalue weighted by Crippen LogP contribution is -2.40. The number of nitrogens with one attached hydrogen (secondary N) is 2. The van der Waals surface area contributed by atoms with Crippen molar-refractivity contribution >= 4 is 17.9 Å². The second kappa shape index (κ2) is 9.22. The van der Waals surface area contributed by atoms with Crippen molar-refractivity contribution in [3.05, 3.63) is 35.4 Å². The van der Waals surface area contributed by atoms with Crippen LogP contribution in [0.1, 0.15) is 42.6 Å². The Balaban J connectivity index is 1.85. The number of hydrogen-bond donors (Lipinski definition) is 2. The number of ether oxygens (including phenoxy) is 1. The number of rotatable bonds is 5. The largest absolute Gasteiger partial charge is 0.469 e. The van der Waals surface area contributed by atoms with Gasteiger partial charge in [0.1, 0.15) is 0 Å². The Labute approximate surface area is 154 Å². The lowest BCUT2D eigenvalue weighted by molar-refractivity contribution is -0.146. The molecule has 7 heteroatoms. The van der Waals surface area contributed by atoms with Gasteiger partial charge in [-0.3, -0.25) is 9.59 Å². The number of carbonyl (C=O) groups is 3. The van der Waals surface area contributed by atoms with E-state index in [1.54, 1.807) is 17.0 Å². The van der Waals surface area contributed by atoms with E-state index in [9.17, 15) is 14.4 Å². The number of piperidine rings is 1. The predicted octanol–water partition coefficient (Wildman–Crippen LogP) is 1.92. The van der Waals surface area contributed by atoms with Crippen molar-refractivity contribution < 1.29 is 19.1 Å². The summed E-state index contributed by atoms with van der Waals surface area (Å²) in [5.74, 6) is -0.352. The zero-order chi connectivity index (χ0) is 19.1. The number of benzene rings is 1. The van der Waals surface area contributed by atoms with Crippen LogP contribution in [0.2, 0.25) is 0 Å². The summed E-state index contributed by atoms with van der Waals surface area (Å²) in [5.41, 5.74) is 1.53. The number of methoxy groups -OCH3 is 1. The molecule has 1 aromatic carbocycles. The Morgan fingerprint density at radius 1 is 1.15 bits per heavy atom. The Hall–Kier alpha value is -2.57. The molecular formula is C19H27N3O4. The highest BCUT2D eigenvalue weighted by Crippen LogP contribution is 2.20. The van der Waals surface area contributed by atoms with E-state index in [0.717, 1.165) is 5.56 Å². The van der Waals surface area contributed by atoms with Gasteiger partial charge in [0.15, 0.2) is 0 Å². The van der Waals surface area contributed by atoms with E-state index in [0.29, 0.717) is 38.0 Å². The fourth-order valence-electron chi connectivity index (χ4n) is 2.93. The molecule has 2 rings (SSSR count). The molecule has 1 heterocycles. The molecule has 0 saturated carbocycles. The maximum absolute atomic E-state index is 12.6. The molecular weight excluding hydrogens is 334 g/mol. The van der Waals surface area contributed by atoms with E-state index in [1.165, 1.54) is 7.11 Å². The zero-order valence-corrected chi connectivity index (χ0v) is 15.6. The summed E-state index contributed by atoms with van der Waals surface area (Å²) < 4.78 is 4.77. The van der Waals surface area contributed by atoms with E-state index in [-0.39, 0.29) is 29.9 Å². The third-order valence-electron chi connectivity index (χ3n) is 4.39. The van der Waals surface area contributed by atoms with Crippen molar-refractivity contribution in [2.75, 3.05) is 20.2 Å². The molecule has 1 saturated heterocycles. The van der Waals surface area contributed by atoms with Crippen molar-refractivity contribution in [2.45, 2.75) is 39.3 Å². The van der Waals surface area contributed by atoms with Gasteiger partial charge in [-0.15, -0.1) is 0 Å². The molecule has 0 atom stereocenters. The van der Waals surface area contributed by atoms with Crippen LogP contribution in [0.5, 0.6) is 0 Å². The smallest absolute Gasteiger partial charge is 0.315 e. The molecule has 1 aliphatic heterocycles. The average molecular weight is 361 g/mol. The van der Waals surface area contributed by atoms with Crippen molar-refractivity contribution in [3.63, 3.8) is 0 Å². The van der Waals surface area contributed by atoms with Crippen LogP contribution in [0.15, 0.2) is 24.3 Å². The minimum Gasteiger partial charge on any atom is -0.469 e. The van der Waals surface area contributed by atoms with E-state index in [4.69, 9.17) is 4.74 Å².